The van der Waals surface area contributed by atoms with Crippen LogP contribution in [0.1, 0.15) is 51.2 Å². The Bertz CT molecular complexity index is 767. The fourth-order valence-corrected chi connectivity index (χ4v) is 3.03. The molecule has 0 aliphatic carbocycles. The fourth-order valence-electron chi connectivity index (χ4n) is 3.03. The Balaban J connectivity index is 1.67. The normalized spacial score (nSPS) is 14.2. The van der Waals surface area contributed by atoms with Crippen LogP contribution in [0.2, 0.25) is 0 Å². The van der Waals surface area contributed by atoms with Crippen LogP contribution in [0, 0.1) is 6.92 Å². The molecule has 0 saturated carbocycles. The third-order valence-electron chi connectivity index (χ3n) is 4.59. The molecular weight excluding hydrogens is 314 g/mol. The van der Waals surface area contributed by atoms with Gasteiger partial charge >= 0.3 is 0 Å². The average Bonchev–Trinajstić information content (AvgIpc) is 2.67. The maximum Gasteiger partial charge on any atom is 0.272 e. The van der Waals surface area contributed by atoms with Gasteiger partial charge in [0.05, 0.1) is 0 Å². The van der Waals surface area contributed by atoms with Crippen molar-refractivity contribution in [3.63, 3.8) is 0 Å². The van der Waals surface area contributed by atoms with E-state index in [4.69, 9.17) is 0 Å². The van der Waals surface area contributed by atoms with Gasteiger partial charge in [0, 0.05) is 31.4 Å². The molecule has 0 unspecified atom stereocenters. The van der Waals surface area contributed by atoms with Crippen LogP contribution in [0.3, 0.4) is 0 Å². The van der Waals surface area contributed by atoms with E-state index < -0.39 is 0 Å². The summed E-state index contributed by atoms with van der Waals surface area (Å²) < 4.78 is 0. The van der Waals surface area contributed by atoms with Crippen LogP contribution >= 0.6 is 0 Å². The third-order valence-corrected chi connectivity index (χ3v) is 4.59. The maximum absolute atomic E-state index is 12.5. The number of nitrogens with zero attached hydrogens (tertiary/aromatic N) is 2. The summed E-state index contributed by atoms with van der Waals surface area (Å²) in [6.07, 6.45) is 4.75. The van der Waals surface area contributed by atoms with E-state index >= 15 is 0 Å². The van der Waals surface area contributed by atoms with E-state index in [9.17, 15) is 9.59 Å². The minimum absolute atomic E-state index is 0.0896. The SMILES string of the molecule is Cc1ccccc1CNC(=O)c1ccnc(C(=O)N2CCCCC2)c1. The van der Waals surface area contributed by atoms with Gasteiger partial charge in [0.25, 0.3) is 11.8 Å². The predicted octanol–water partition coefficient (Wildman–Crippen LogP) is 2.95. The van der Waals surface area contributed by atoms with E-state index in [0.29, 0.717) is 17.8 Å². The number of carbonyl (C=O) groups is 2. The average molecular weight is 337 g/mol. The first-order chi connectivity index (χ1) is 12.1. The van der Waals surface area contributed by atoms with Crippen molar-refractivity contribution in [3.05, 3.63) is 65.0 Å². The van der Waals surface area contributed by atoms with Crippen molar-refractivity contribution in [3.8, 4) is 0 Å². The first kappa shape index (κ1) is 17.1. The first-order valence-corrected chi connectivity index (χ1v) is 8.73. The standard InChI is InChI=1S/C20H23N3O2/c1-15-7-3-4-8-17(15)14-22-19(24)16-9-10-21-18(13-16)20(25)23-11-5-2-6-12-23/h3-4,7-10,13H,2,5-6,11-12,14H2,1H3,(H,22,24). The molecule has 1 N–H and O–H groups in total. The summed E-state index contributed by atoms with van der Waals surface area (Å²) >= 11 is 0. The van der Waals surface area contributed by atoms with E-state index in [0.717, 1.165) is 37.1 Å². The van der Waals surface area contributed by atoms with Crippen molar-refractivity contribution in [2.24, 2.45) is 0 Å². The number of aryl methyl sites for hydroxylation is 1. The van der Waals surface area contributed by atoms with Crippen LogP contribution < -0.4 is 5.32 Å². The molecule has 130 valence electrons. The van der Waals surface area contributed by atoms with Gasteiger partial charge in [-0.25, -0.2) is 0 Å². The molecule has 25 heavy (non-hydrogen) atoms. The summed E-state index contributed by atoms with van der Waals surface area (Å²) in [7, 11) is 0. The molecule has 1 aromatic carbocycles. The van der Waals surface area contributed by atoms with Gasteiger partial charge in [-0.1, -0.05) is 24.3 Å². The number of piperidine rings is 1. The minimum atomic E-state index is -0.196. The Labute approximate surface area is 148 Å². The lowest BCUT2D eigenvalue weighted by Crippen LogP contribution is -2.36. The second-order valence-corrected chi connectivity index (χ2v) is 6.39. The molecule has 0 atom stereocenters. The zero-order valence-electron chi connectivity index (χ0n) is 14.5. The highest BCUT2D eigenvalue weighted by Crippen LogP contribution is 2.13. The van der Waals surface area contributed by atoms with E-state index in [-0.39, 0.29) is 11.8 Å². The summed E-state index contributed by atoms with van der Waals surface area (Å²) in [4.78, 5) is 30.9. The van der Waals surface area contributed by atoms with Crippen LogP contribution in [0.25, 0.3) is 0 Å². The lowest BCUT2D eigenvalue weighted by molar-refractivity contribution is 0.0718. The molecule has 3 rings (SSSR count). The number of aromatic nitrogens is 1. The summed E-state index contributed by atoms with van der Waals surface area (Å²) in [5, 5.41) is 2.91. The number of amides is 2. The molecule has 5 nitrogen and oxygen atoms in total. The minimum Gasteiger partial charge on any atom is -0.348 e. The molecule has 2 heterocycles. The van der Waals surface area contributed by atoms with Gasteiger partial charge in [-0.15, -0.1) is 0 Å². The van der Waals surface area contributed by atoms with Crippen molar-refractivity contribution in [2.75, 3.05) is 13.1 Å². The van der Waals surface area contributed by atoms with Crippen molar-refractivity contribution < 1.29 is 9.59 Å². The zero-order valence-corrected chi connectivity index (χ0v) is 14.5. The number of pyridine rings is 1. The van der Waals surface area contributed by atoms with E-state index in [2.05, 4.69) is 10.3 Å². The third kappa shape index (κ3) is 4.24. The van der Waals surface area contributed by atoms with Gasteiger partial charge < -0.3 is 10.2 Å². The van der Waals surface area contributed by atoms with Crippen molar-refractivity contribution >= 4 is 11.8 Å². The molecule has 2 aromatic rings. The van der Waals surface area contributed by atoms with Crippen LogP contribution in [0.4, 0.5) is 0 Å². The molecule has 2 amide bonds. The number of hydrogen-bond acceptors (Lipinski definition) is 3. The van der Waals surface area contributed by atoms with Gasteiger partial charge in [-0.05, 0) is 49.4 Å². The quantitative estimate of drug-likeness (QED) is 0.933. The molecule has 0 bridgehead atoms. The summed E-state index contributed by atoms with van der Waals surface area (Å²) in [5.41, 5.74) is 3.02. The molecule has 0 radical (unpaired) electrons. The Hall–Kier alpha value is -2.69. The van der Waals surface area contributed by atoms with Gasteiger partial charge in [0.1, 0.15) is 5.69 Å². The predicted molar refractivity (Wildman–Crippen MR) is 96.3 cm³/mol. The monoisotopic (exact) mass is 337 g/mol. The Morgan fingerprint density at radius 3 is 2.64 bits per heavy atom. The zero-order chi connectivity index (χ0) is 17.6. The van der Waals surface area contributed by atoms with Gasteiger partial charge in [-0.3, -0.25) is 14.6 Å². The number of hydrogen-bond donors (Lipinski definition) is 1. The van der Waals surface area contributed by atoms with Gasteiger partial charge in [0.15, 0.2) is 0 Å². The highest BCUT2D eigenvalue weighted by Gasteiger charge is 2.20. The van der Waals surface area contributed by atoms with Crippen molar-refractivity contribution in [1.29, 1.82) is 0 Å². The molecule has 1 aromatic heterocycles. The Morgan fingerprint density at radius 1 is 1.12 bits per heavy atom. The Kier molecular flexibility index (Phi) is 5.43. The second-order valence-electron chi connectivity index (χ2n) is 6.39. The number of carbonyl (C=O) groups excluding carboxylic acids is 2. The van der Waals surface area contributed by atoms with Crippen LogP contribution in [-0.2, 0) is 6.54 Å². The largest absolute Gasteiger partial charge is 0.348 e. The molecule has 0 spiro atoms. The second kappa shape index (κ2) is 7.92. The lowest BCUT2D eigenvalue weighted by Gasteiger charge is -2.26. The highest BCUT2D eigenvalue weighted by molar-refractivity contribution is 5.98. The smallest absolute Gasteiger partial charge is 0.272 e. The van der Waals surface area contributed by atoms with Gasteiger partial charge in [-0.2, -0.15) is 0 Å². The topological polar surface area (TPSA) is 62.3 Å². The maximum atomic E-state index is 12.5. The van der Waals surface area contributed by atoms with E-state index in [1.807, 2.05) is 36.1 Å². The molecule has 1 aliphatic heterocycles. The summed E-state index contributed by atoms with van der Waals surface area (Å²) in [6.45, 7) is 4.01. The van der Waals surface area contributed by atoms with Crippen molar-refractivity contribution in [1.82, 2.24) is 15.2 Å². The van der Waals surface area contributed by atoms with Crippen LogP contribution in [0.15, 0.2) is 42.6 Å². The number of nitrogens with one attached hydrogen (secondary N) is 1. The number of rotatable bonds is 4. The van der Waals surface area contributed by atoms with Crippen molar-refractivity contribution in [2.45, 2.75) is 32.7 Å². The fraction of sp³-hybridized carbons (Fsp3) is 0.350. The number of likely N-dealkylation sites (tertiary alicyclic amines) is 1. The molecule has 1 saturated heterocycles. The molecule has 1 aliphatic rings. The first-order valence-electron chi connectivity index (χ1n) is 8.73. The van der Waals surface area contributed by atoms with Gasteiger partial charge in [0.2, 0.25) is 0 Å². The molecular formula is C20H23N3O2. The van der Waals surface area contributed by atoms with Crippen LogP contribution in [-0.4, -0.2) is 34.8 Å². The lowest BCUT2D eigenvalue weighted by atomic mass is 10.1. The Morgan fingerprint density at radius 2 is 1.88 bits per heavy atom. The molecule has 1 fully saturated rings. The molecule has 5 heteroatoms. The van der Waals surface area contributed by atoms with E-state index in [1.165, 1.54) is 12.6 Å². The van der Waals surface area contributed by atoms with E-state index in [1.54, 1.807) is 12.1 Å². The summed E-state index contributed by atoms with van der Waals surface area (Å²) in [5.74, 6) is -0.286. The summed E-state index contributed by atoms with van der Waals surface area (Å²) in [6, 6.07) is 11.2. The highest BCUT2D eigenvalue weighted by atomic mass is 16.2. The van der Waals surface area contributed by atoms with Crippen LogP contribution in [0.5, 0.6) is 0 Å². The number of benzene rings is 1.